The summed E-state index contributed by atoms with van der Waals surface area (Å²) in [6.07, 6.45) is 3.76. The third kappa shape index (κ3) is 3.84. The van der Waals surface area contributed by atoms with Crippen LogP contribution >= 0.6 is 11.3 Å². The van der Waals surface area contributed by atoms with Crippen molar-refractivity contribution >= 4 is 17.2 Å². The molecule has 20 heavy (non-hydrogen) atoms. The molecule has 4 heteroatoms. The largest absolute Gasteiger partial charge is 0.351 e. The molecule has 1 aliphatic carbocycles. The average molecular weight is 290 g/mol. The van der Waals surface area contributed by atoms with Crippen LogP contribution in [-0.2, 0) is 0 Å². The van der Waals surface area contributed by atoms with Gasteiger partial charge in [0.2, 0.25) is 0 Å². The molecule has 1 fully saturated rings. The van der Waals surface area contributed by atoms with E-state index >= 15 is 0 Å². The molecule has 2 atom stereocenters. The fraction of sp³-hybridized carbons (Fsp3) is 0.562. The van der Waals surface area contributed by atoms with Crippen LogP contribution in [0.5, 0.6) is 0 Å². The van der Waals surface area contributed by atoms with E-state index in [4.69, 9.17) is 5.73 Å². The van der Waals surface area contributed by atoms with Crippen LogP contribution in [0, 0.1) is 30.6 Å². The first-order chi connectivity index (χ1) is 9.60. The third-order valence-electron chi connectivity index (χ3n) is 3.80. The van der Waals surface area contributed by atoms with E-state index < -0.39 is 0 Å². The summed E-state index contributed by atoms with van der Waals surface area (Å²) >= 11 is 1.45. The van der Waals surface area contributed by atoms with Crippen LogP contribution in [0.15, 0.2) is 6.07 Å². The summed E-state index contributed by atoms with van der Waals surface area (Å²) in [5.41, 5.74) is 6.42. The van der Waals surface area contributed by atoms with E-state index in [0.717, 1.165) is 27.8 Å². The van der Waals surface area contributed by atoms with Crippen molar-refractivity contribution in [3.63, 3.8) is 0 Å². The van der Waals surface area contributed by atoms with Crippen molar-refractivity contribution in [3.8, 4) is 11.8 Å². The molecule has 1 aromatic rings. The van der Waals surface area contributed by atoms with Gasteiger partial charge in [-0.3, -0.25) is 4.79 Å². The number of amides is 1. The number of rotatable bonds is 3. The molecule has 3 N–H and O–H groups in total. The van der Waals surface area contributed by atoms with Crippen molar-refractivity contribution in [1.82, 2.24) is 5.32 Å². The van der Waals surface area contributed by atoms with Gasteiger partial charge in [0.25, 0.3) is 5.91 Å². The molecule has 0 saturated heterocycles. The Kier molecular flexibility index (Phi) is 5.22. The Bertz CT molecular complexity index is 538. The maximum Gasteiger partial charge on any atom is 0.261 e. The topological polar surface area (TPSA) is 55.1 Å². The van der Waals surface area contributed by atoms with Crippen molar-refractivity contribution in [2.45, 2.75) is 33.1 Å². The highest BCUT2D eigenvalue weighted by molar-refractivity contribution is 7.14. The Hall–Kier alpha value is -1.31. The van der Waals surface area contributed by atoms with Gasteiger partial charge in [0.05, 0.1) is 16.3 Å². The molecule has 0 bridgehead atoms. The molecule has 0 aromatic carbocycles. The van der Waals surface area contributed by atoms with E-state index in [2.05, 4.69) is 24.1 Å². The van der Waals surface area contributed by atoms with Crippen LogP contribution < -0.4 is 11.1 Å². The van der Waals surface area contributed by atoms with Gasteiger partial charge in [-0.25, -0.2) is 0 Å². The van der Waals surface area contributed by atoms with Crippen molar-refractivity contribution < 1.29 is 4.79 Å². The molecule has 1 amide bonds. The first kappa shape index (κ1) is 15.1. The summed E-state index contributed by atoms with van der Waals surface area (Å²) < 4.78 is 0. The lowest BCUT2D eigenvalue weighted by Crippen LogP contribution is -2.27. The second kappa shape index (κ2) is 6.92. The standard InChI is InChI=1S/C16H22N2OS/c1-11-5-6-13(8-11)10-18-16(19)15-9-12(2)14(20-15)4-3-7-17/h9,11,13H,5-8,10,17H2,1-2H3,(H,18,19). The average Bonchev–Trinajstić information content (AvgIpc) is 3.00. The van der Waals surface area contributed by atoms with Crippen LogP contribution in [0.3, 0.4) is 0 Å². The first-order valence-electron chi connectivity index (χ1n) is 7.17. The van der Waals surface area contributed by atoms with Crippen LogP contribution in [-0.4, -0.2) is 19.0 Å². The molecule has 2 rings (SSSR count). The lowest BCUT2D eigenvalue weighted by atomic mass is 10.1. The lowest BCUT2D eigenvalue weighted by molar-refractivity contribution is 0.0951. The molecule has 0 aliphatic heterocycles. The quantitative estimate of drug-likeness (QED) is 0.841. The monoisotopic (exact) mass is 290 g/mol. The van der Waals surface area contributed by atoms with E-state index in [1.807, 2.05) is 13.0 Å². The van der Waals surface area contributed by atoms with Gasteiger partial charge in [-0.1, -0.05) is 25.2 Å². The van der Waals surface area contributed by atoms with Gasteiger partial charge in [0.1, 0.15) is 0 Å². The van der Waals surface area contributed by atoms with E-state index in [1.54, 1.807) is 0 Å². The van der Waals surface area contributed by atoms with Gasteiger partial charge in [-0.2, -0.15) is 0 Å². The Morgan fingerprint density at radius 2 is 2.35 bits per heavy atom. The predicted octanol–water partition coefficient (Wildman–Crippen LogP) is 2.53. The molecule has 1 aromatic heterocycles. The predicted molar refractivity (Wildman–Crippen MR) is 83.8 cm³/mol. The molecule has 0 spiro atoms. The second-order valence-electron chi connectivity index (χ2n) is 5.62. The highest BCUT2D eigenvalue weighted by atomic mass is 32.1. The zero-order valence-electron chi connectivity index (χ0n) is 12.2. The Balaban J connectivity index is 1.92. The maximum atomic E-state index is 12.1. The van der Waals surface area contributed by atoms with E-state index in [0.29, 0.717) is 12.5 Å². The smallest absolute Gasteiger partial charge is 0.261 e. The first-order valence-corrected chi connectivity index (χ1v) is 7.99. The van der Waals surface area contributed by atoms with Crippen molar-refractivity contribution in [2.24, 2.45) is 17.6 Å². The molecule has 2 unspecified atom stereocenters. The molecule has 3 nitrogen and oxygen atoms in total. The number of nitrogens with one attached hydrogen (secondary N) is 1. The molecular weight excluding hydrogens is 268 g/mol. The third-order valence-corrected chi connectivity index (χ3v) is 4.95. The minimum Gasteiger partial charge on any atom is -0.351 e. The lowest BCUT2D eigenvalue weighted by Gasteiger charge is -2.10. The van der Waals surface area contributed by atoms with Gasteiger partial charge in [0.15, 0.2) is 0 Å². The fourth-order valence-electron chi connectivity index (χ4n) is 2.68. The summed E-state index contributed by atoms with van der Waals surface area (Å²) in [4.78, 5) is 13.8. The van der Waals surface area contributed by atoms with Crippen molar-refractivity contribution in [2.75, 3.05) is 13.1 Å². The van der Waals surface area contributed by atoms with Crippen LogP contribution in [0.25, 0.3) is 0 Å². The molecule has 108 valence electrons. The summed E-state index contributed by atoms with van der Waals surface area (Å²) in [6.45, 7) is 5.40. The SMILES string of the molecule is Cc1cc(C(=O)NCC2CCC(C)C2)sc1C#CCN. The van der Waals surface area contributed by atoms with Gasteiger partial charge in [0, 0.05) is 6.54 Å². The van der Waals surface area contributed by atoms with E-state index in [-0.39, 0.29) is 5.91 Å². The molecule has 1 aliphatic rings. The van der Waals surface area contributed by atoms with Gasteiger partial charge < -0.3 is 11.1 Å². The summed E-state index contributed by atoms with van der Waals surface area (Å²) in [7, 11) is 0. The highest BCUT2D eigenvalue weighted by Gasteiger charge is 2.22. The maximum absolute atomic E-state index is 12.1. The van der Waals surface area contributed by atoms with Crippen molar-refractivity contribution in [1.29, 1.82) is 0 Å². The number of hydrogen-bond acceptors (Lipinski definition) is 3. The van der Waals surface area contributed by atoms with Crippen LogP contribution in [0.2, 0.25) is 0 Å². The number of thiophene rings is 1. The van der Waals surface area contributed by atoms with E-state index in [1.165, 1.54) is 30.6 Å². The van der Waals surface area contributed by atoms with Crippen LogP contribution in [0.4, 0.5) is 0 Å². The Labute approximate surface area is 124 Å². The minimum atomic E-state index is 0.0263. The molecular formula is C16H22N2OS. The number of nitrogens with two attached hydrogens (primary N) is 1. The van der Waals surface area contributed by atoms with E-state index in [9.17, 15) is 4.79 Å². The van der Waals surface area contributed by atoms with Gasteiger partial charge in [-0.05, 0) is 43.2 Å². The van der Waals surface area contributed by atoms with Crippen molar-refractivity contribution in [3.05, 3.63) is 21.4 Å². The Morgan fingerprint density at radius 3 is 3.00 bits per heavy atom. The summed E-state index contributed by atoms with van der Waals surface area (Å²) in [6, 6.07) is 1.91. The fourth-order valence-corrected chi connectivity index (χ4v) is 3.65. The normalized spacial score (nSPS) is 21.4. The number of carbonyl (C=O) groups is 1. The van der Waals surface area contributed by atoms with Crippen LogP contribution in [0.1, 0.15) is 46.3 Å². The second-order valence-corrected chi connectivity index (χ2v) is 6.68. The zero-order valence-corrected chi connectivity index (χ0v) is 13.0. The molecule has 1 heterocycles. The zero-order chi connectivity index (χ0) is 14.5. The minimum absolute atomic E-state index is 0.0263. The molecule has 0 radical (unpaired) electrons. The molecule has 1 saturated carbocycles. The summed E-state index contributed by atoms with van der Waals surface area (Å²) in [5.74, 6) is 7.33. The van der Waals surface area contributed by atoms with Gasteiger partial charge >= 0.3 is 0 Å². The number of hydrogen-bond donors (Lipinski definition) is 2. The highest BCUT2D eigenvalue weighted by Crippen LogP contribution is 2.29. The summed E-state index contributed by atoms with van der Waals surface area (Å²) in [5, 5.41) is 3.06. The number of aryl methyl sites for hydroxylation is 1. The Morgan fingerprint density at radius 1 is 1.55 bits per heavy atom. The van der Waals surface area contributed by atoms with Gasteiger partial charge in [-0.15, -0.1) is 11.3 Å². The number of carbonyl (C=O) groups excluding carboxylic acids is 1.